The Morgan fingerprint density at radius 1 is 1.20 bits per heavy atom. The summed E-state index contributed by atoms with van der Waals surface area (Å²) in [4.78, 5) is 12.2. The van der Waals surface area contributed by atoms with Gasteiger partial charge in [0.2, 0.25) is 0 Å². The Kier molecular flexibility index (Phi) is 5.04. The van der Waals surface area contributed by atoms with E-state index >= 15 is 0 Å². The van der Waals surface area contributed by atoms with Crippen molar-refractivity contribution in [2.75, 3.05) is 14.2 Å². The number of furan rings is 1. The molecular formula is C18H15BrN2O4. The number of halogens is 1. The number of nitrogens with one attached hydrogen (secondary N) is 1. The van der Waals surface area contributed by atoms with Crippen molar-refractivity contribution >= 4 is 39.0 Å². The Labute approximate surface area is 152 Å². The predicted molar refractivity (Wildman–Crippen MR) is 98.5 cm³/mol. The Balaban J connectivity index is 1.76. The minimum Gasteiger partial charge on any atom is -0.493 e. The van der Waals surface area contributed by atoms with Crippen LogP contribution in [0.5, 0.6) is 11.5 Å². The molecule has 0 saturated heterocycles. The first-order valence-electron chi connectivity index (χ1n) is 7.36. The number of para-hydroxylation sites is 1. The molecule has 0 aliphatic heterocycles. The van der Waals surface area contributed by atoms with Gasteiger partial charge >= 0.3 is 5.91 Å². The monoisotopic (exact) mass is 402 g/mol. The first kappa shape index (κ1) is 17.0. The van der Waals surface area contributed by atoms with Crippen LogP contribution in [0.25, 0.3) is 11.0 Å². The van der Waals surface area contributed by atoms with E-state index in [-0.39, 0.29) is 5.76 Å². The highest BCUT2D eigenvalue weighted by Crippen LogP contribution is 2.29. The molecule has 0 aliphatic rings. The molecule has 25 heavy (non-hydrogen) atoms. The van der Waals surface area contributed by atoms with Crippen LogP contribution < -0.4 is 14.9 Å². The number of rotatable bonds is 5. The average Bonchev–Trinajstić information content (AvgIpc) is 3.04. The van der Waals surface area contributed by atoms with Crippen molar-refractivity contribution in [1.82, 2.24) is 5.43 Å². The summed E-state index contributed by atoms with van der Waals surface area (Å²) in [5.41, 5.74) is 3.75. The van der Waals surface area contributed by atoms with Crippen molar-refractivity contribution in [3.8, 4) is 11.5 Å². The maximum atomic E-state index is 12.2. The van der Waals surface area contributed by atoms with E-state index in [1.165, 1.54) is 6.21 Å². The van der Waals surface area contributed by atoms with Gasteiger partial charge in [0.05, 0.1) is 20.4 Å². The molecule has 0 spiro atoms. The van der Waals surface area contributed by atoms with E-state index in [1.54, 1.807) is 38.5 Å². The molecule has 7 heteroatoms. The third-order valence-electron chi connectivity index (χ3n) is 3.51. The van der Waals surface area contributed by atoms with Crippen LogP contribution >= 0.6 is 15.9 Å². The van der Waals surface area contributed by atoms with Gasteiger partial charge in [0.25, 0.3) is 0 Å². The fourth-order valence-corrected chi connectivity index (χ4v) is 2.73. The van der Waals surface area contributed by atoms with Gasteiger partial charge in [0, 0.05) is 15.4 Å². The zero-order valence-corrected chi connectivity index (χ0v) is 15.2. The quantitative estimate of drug-likeness (QED) is 0.517. The molecule has 6 nitrogen and oxygen atoms in total. The van der Waals surface area contributed by atoms with E-state index < -0.39 is 5.91 Å². The zero-order chi connectivity index (χ0) is 17.8. The van der Waals surface area contributed by atoms with Crippen LogP contribution in [-0.2, 0) is 0 Å². The molecule has 0 unspecified atom stereocenters. The number of amides is 1. The molecule has 128 valence electrons. The summed E-state index contributed by atoms with van der Waals surface area (Å²) in [7, 11) is 3.10. The van der Waals surface area contributed by atoms with Gasteiger partial charge in [-0.2, -0.15) is 5.10 Å². The summed E-state index contributed by atoms with van der Waals surface area (Å²) >= 11 is 3.38. The van der Waals surface area contributed by atoms with Crippen molar-refractivity contribution < 1.29 is 18.7 Å². The first-order chi connectivity index (χ1) is 12.1. The van der Waals surface area contributed by atoms with E-state index in [4.69, 9.17) is 13.9 Å². The normalized spacial score (nSPS) is 11.0. The molecule has 0 fully saturated rings. The third-order valence-corrected chi connectivity index (χ3v) is 4.00. The van der Waals surface area contributed by atoms with Crippen LogP contribution in [0.15, 0.2) is 56.5 Å². The van der Waals surface area contributed by atoms with Crippen LogP contribution in [0.1, 0.15) is 16.1 Å². The number of nitrogens with zero attached hydrogens (tertiary/aromatic N) is 1. The van der Waals surface area contributed by atoms with Crippen LogP contribution in [-0.4, -0.2) is 26.3 Å². The maximum absolute atomic E-state index is 12.2. The Bertz CT molecular complexity index is 949. The minimum absolute atomic E-state index is 0.183. The summed E-state index contributed by atoms with van der Waals surface area (Å²) in [5.74, 6) is 0.866. The molecule has 0 saturated carbocycles. The number of fused-ring (bicyclic) bond motifs is 1. The second kappa shape index (κ2) is 7.40. The summed E-state index contributed by atoms with van der Waals surface area (Å²) in [5, 5.41) is 4.79. The molecule has 1 N–H and O–H groups in total. The van der Waals surface area contributed by atoms with Crippen LogP contribution in [0.2, 0.25) is 0 Å². The van der Waals surface area contributed by atoms with Crippen molar-refractivity contribution in [1.29, 1.82) is 0 Å². The van der Waals surface area contributed by atoms with Crippen LogP contribution in [0, 0.1) is 0 Å². The van der Waals surface area contributed by atoms with Gasteiger partial charge in [-0.25, -0.2) is 5.43 Å². The Morgan fingerprint density at radius 2 is 2.04 bits per heavy atom. The summed E-state index contributed by atoms with van der Waals surface area (Å²) in [6.07, 6.45) is 1.48. The summed E-state index contributed by atoms with van der Waals surface area (Å²) in [6, 6.07) is 12.6. The standard InChI is InChI=1S/C18H15BrN2O4/c1-23-15-5-3-4-11(17(15)24-2)10-20-21-18(22)16-9-12-8-13(19)6-7-14(12)25-16/h3-10H,1-2H3,(H,21,22)/b20-10+. The lowest BCUT2D eigenvalue weighted by Crippen LogP contribution is -2.16. The van der Waals surface area contributed by atoms with E-state index in [2.05, 4.69) is 26.5 Å². The number of hydrogen-bond acceptors (Lipinski definition) is 5. The second-order valence-electron chi connectivity index (χ2n) is 5.07. The van der Waals surface area contributed by atoms with Gasteiger partial charge in [-0.3, -0.25) is 4.79 Å². The number of carbonyl (C=O) groups is 1. The highest BCUT2D eigenvalue weighted by molar-refractivity contribution is 9.10. The van der Waals surface area contributed by atoms with Crippen molar-refractivity contribution in [3.05, 3.63) is 58.3 Å². The minimum atomic E-state index is -0.439. The topological polar surface area (TPSA) is 73.1 Å². The van der Waals surface area contributed by atoms with Crippen LogP contribution in [0.3, 0.4) is 0 Å². The highest BCUT2D eigenvalue weighted by atomic mass is 79.9. The number of ether oxygens (including phenoxy) is 2. The molecule has 2 aromatic carbocycles. The SMILES string of the molecule is COc1cccc(/C=N/NC(=O)c2cc3cc(Br)ccc3o2)c1OC. The molecule has 1 amide bonds. The van der Waals surface area contributed by atoms with Crippen molar-refractivity contribution in [2.45, 2.75) is 0 Å². The van der Waals surface area contributed by atoms with Crippen LogP contribution in [0.4, 0.5) is 0 Å². The molecule has 1 aromatic heterocycles. The van der Waals surface area contributed by atoms with E-state index in [0.29, 0.717) is 22.6 Å². The summed E-state index contributed by atoms with van der Waals surface area (Å²) in [6.45, 7) is 0. The Morgan fingerprint density at radius 3 is 2.80 bits per heavy atom. The lowest BCUT2D eigenvalue weighted by molar-refractivity contribution is 0.0929. The lowest BCUT2D eigenvalue weighted by Gasteiger charge is -2.09. The number of benzene rings is 2. The molecule has 0 aliphatic carbocycles. The largest absolute Gasteiger partial charge is 0.493 e. The molecule has 3 aromatic rings. The fraction of sp³-hybridized carbons (Fsp3) is 0.111. The molecule has 0 bridgehead atoms. The molecule has 1 heterocycles. The zero-order valence-electron chi connectivity index (χ0n) is 13.6. The van der Waals surface area contributed by atoms with Crippen molar-refractivity contribution in [3.63, 3.8) is 0 Å². The number of methoxy groups -OCH3 is 2. The Hall–Kier alpha value is -2.80. The van der Waals surface area contributed by atoms with E-state index in [0.717, 1.165) is 9.86 Å². The van der Waals surface area contributed by atoms with Gasteiger partial charge in [0.15, 0.2) is 17.3 Å². The first-order valence-corrected chi connectivity index (χ1v) is 8.15. The van der Waals surface area contributed by atoms with Gasteiger partial charge in [-0.1, -0.05) is 22.0 Å². The number of hydrazone groups is 1. The highest BCUT2D eigenvalue weighted by Gasteiger charge is 2.12. The molecule has 0 atom stereocenters. The fourth-order valence-electron chi connectivity index (χ4n) is 2.36. The van der Waals surface area contributed by atoms with E-state index in [9.17, 15) is 4.79 Å². The third kappa shape index (κ3) is 3.66. The van der Waals surface area contributed by atoms with Gasteiger partial charge in [0.1, 0.15) is 5.58 Å². The summed E-state index contributed by atoms with van der Waals surface area (Å²) < 4.78 is 17.0. The van der Waals surface area contributed by atoms with Gasteiger partial charge in [-0.05, 0) is 36.4 Å². The lowest BCUT2D eigenvalue weighted by atomic mass is 10.2. The number of carbonyl (C=O) groups excluding carboxylic acids is 1. The van der Waals surface area contributed by atoms with Gasteiger partial charge < -0.3 is 13.9 Å². The smallest absolute Gasteiger partial charge is 0.307 e. The molecule has 0 radical (unpaired) electrons. The van der Waals surface area contributed by atoms with Gasteiger partial charge in [-0.15, -0.1) is 0 Å². The average molecular weight is 403 g/mol. The molecular weight excluding hydrogens is 388 g/mol. The second-order valence-corrected chi connectivity index (χ2v) is 5.99. The maximum Gasteiger partial charge on any atom is 0.307 e. The van der Waals surface area contributed by atoms with E-state index in [1.807, 2.05) is 18.2 Å². The number of hydrogen-bond donors (Lipinski definition) is 1. The van der Waals surface area contributed by atoms with Crippen molar-refractivity contribution in [2.24, 2.45) is 5.10 Å². The predicted octanol–water partition coefficient (Wildman–Crippen LogP) is 3.98. The molecule has 3 rings (SSSR count).